The minimum Gasteiger partial charge on any atom is -0.508 e. The van der Waals surface area contributed by atoms with E-state index in [2.05, 4.69) is 38.1 Å². The molecule has 2 aromatic carbocycles. The number of phenols is 1. The third kappa shape index (κ3) is 2.68. The summed E-state index contributed by atoms with van der Waals surface area (Å²) in [6, 6.07) is 16.2. The molecule has 0 radical (unpaired) electrons. The Bertz CT molecular complexity index is 639. The lowest BCUT2D eigenvalue weighted by molar-refractivity contribution is 0.369. The highest BCUT2D eigenvalue weighted by atomic mass is 32.2. The lowest BCUT2D eigenvalue weighted by Gasteiger charge is -2.43. The minimum atomic E-state index is -0.140. The Labute approximate surface area is 130 Å². The number of hydrogen-bond acceptors (Lipinski definition) is 3. The largest absolute Gasteiger partial charge is 0.508 e. The average molecular weight is 299 g/mol. The summed E-state index contributed by atoms with van der Waals surface area (Å²) in [7, 11) is 0. The molecule has 0 amide bonds. The number of benzene rings is 2. The van der Waals surface area contributed by atoms with E-state index in [0.717, 1.165) is 6.42 Å². The molecule has 2 unspecified atom stereocenters. The van der Waals surface area contributed by atoms with Gasteiger partial charge in [-0.25, -0.2) is 0 Å². The maximum atomic E-state index is 9.76. The standard InChI is InChI=1S/C18H21NOS/c1-18(2)15-11-13(20)9-8-12(15)10-16(17(18)19)21-14-6-4-3-5-7-14/h3-9,11,16-17,20H,10,19H2,1-2H3. The van der Waals surface area contributed by atoms with Gasteiger partial charge in [0.2, 0.25) is 0 Å². The van der Waals surface area contributed by atoms with Gasteiger partial charge in [-0.1, -0.05) is 38.1 Å². The van der Waals surface area contributed by atoms with E-state index in [-0.39, 0.29) is 11.5 Å². The molecular weight excluding hydrogens is 278 g/mol. The summed E-state index contributed by atoms with van der Waals surface area (Å²) >= 11 is 1.86. The molecule has 3 heteroatoms. The second-order valence-electron chi connectivity index (χ2n) is 6.26. The summed E-state index contributed by atoms with van der Waals surface area (Å²) in [5.74, 6) is 0.322. The van der Waals surface area contributed by atoms with Gasteiger partial charge in [0.1, 0.15) is 5.75 Å². The van der Waals surface area contributed by atoms with Crippen LogP contribution in [0.3, 0.4) is 0 Å². The zero-order valence-electron chi connectivity index (χ0n) is 12.4. The van der Waals surface area contributed by atoms with Gasteiger partial charge < -0.3 is 10.8 Å². The zero-order chi connectivity index (χ0) is 15.0. The van der Waals surface area contributed by atoms with Gasteiger partial charge in [-0.15, -0.1) is 11.8 Å². The summed E-state index contributed by atoms with van der Waals surface area (Å²) in [6.07, 6.45) is 0.944. The molecule has 0 aliphatic heterocycles. The van der Waals surface area contributed by atoms with E-state index in [1.54, 1.807) is 6.07 Å². The van der Waals surface area contributed by atoms with Crippen molar-refractivity contribution in [3.05, 3.63) is 59.7 Å². The highest BCUT2D eigenvalue weighted by molar-refractivity contribution is 8.00. The number of nitrogens with two attached hydrogens (primary N) is 1. The topological polar surface area (TPSA) is 46.2 Å². The lowest BCUT2D eigenvalue weighted by atomic mass is 9.69. The van der Waals surface area contributed by atoms with E-state index in [1.165, 1.54) is 16.0 Å². The van der Waals surface area contributed by atoms with Crippen molar-refractivity contribution in [1.82, 2.24) is 0 Å². The highest BCUT2D eigenvalue weighted by Gasteiger charge is 2.40. The van der Waals surface area contributed by atoms with E-state index < -0.39 is 0 Å². The number of aromatic hydroxyl groups is 1. The quantitative estimate of drug-likeness (QED) is 0.888. The predicted octanol–water partition coefficient (Wildman–Crippen LogP) is 3.71. The Balaban J connectivity index is 1.94. The van der Waals surface area contributed by atoms with Crippen LogP contribution in [0.2, 0.25) is 0 Å². The summed E-state index contributed by atoms with van der Waals surface area (Å²) in [4.78, 5) is 1.26. The van der Waals surface area contributed by atoms with Crippen LogP contribution >= 0.6 is 11.8 Å². The number of hydrogen-bond donors (Lipinski definition) is 2. The van der Waals surface area contributed by atoms with Gasteiger partial charge in [0.25, 0.3) is 0 Å². The first-order valence-electron chi connectivity index (χ1n) is 7.28. The molecule has 0 spiro atoms. The van der Waals surface area contributed by atoms with Crippen LogP contribution in [-0.4, -0.2) is 16.4 Å². The van der Waals surface area contributed by atoms with Crippen molar-refractivity contribution >= 4 is 11.8 Å². The van der Waals surface area contributed by atoms with Gasteiger partial charge in [0, 0.05) is 21.6 Å². The number of phenolic OH excluding ortho intramolecular Hbond substituents is 1. The zero-order valence-corrected chi connectivity index (χ0v) is 13.2. The molecular formula is C18H21NOS. The van der Waals surface area contributed by atoms with Crippen LogP contribution < -0.4 is 5.73 Å². The van der Waals surface area contributed by atoms with Crippen molar-refractivity contribution in [1.29, 1.82) is 0 Å². The molecule has 1 aliphatic carbocycles. The molecule has 2 aromatic rings. The van der Waals surface area contributed by atoms with E-state index in [0.29, 0.717) is 11.0 Å². The van der Waals surface area contributed by atoms with Gasteiger partial charge >= 0.3 is 0 Å². The van der Waals surface area contributed by atoms with E-state index >= 15 is 0 Å². The molecule has 0 fully saturated rings. The molecule has 2 nitrogen and oxygen atoms in total. The maximum absolute atomic E-state index is 9.76. The van der Waals surface area contributed by atoms with Crippen LogP contribution in [0.5, 0.6) is 5.75 Å². The predicted molar refractivity (Wildman–Crippen MR) is 88.9 cm³/mol. The summed E-state index contributed by atoms with van der Waals surface area (Å²) < 4.78 is 0. The maximum Gasteiger partial charge on any atom is 0.115 e. The molecule has 110 valence electrons. The van der Waals surface area contributed by atoms with Crippen molar-refractivity contribution < 1.29 is 5.11 Å². The van der Waals surface area contributed by atoms with Gasteiger partial charge in [-0.3, -0.25) is 0 Å². The van der Waals surface area contributed by atoms with Gasteiger partial charge in [-0.2, -0.15) is 0 Å². The molecule has 0 aromatic heterocycles. The molecule has 0 saturated heterocycles. The Morgan fingerprint density at radius 1 is 1.14 bits per heavy atom. The summed E-state index contributed by atoms with van der Waals surface area (Å²) in [5, 5.41) is 10.1. The SMILES string of the molecule is CC1(C)c2cc(O)ccc2CC(Sc2ccccc2)C1N. The third-order valence-electron chi connectivity index (χ3n) is 4.47. The van der Waals surface area contributed by atoms with E-state index in [4.69, 9.17) is 5.73 Å². The monoisotopic (exact) mass is 299 g/mol. The van der Waals surface area contributed by atoms with Crippen molar-refractivity contribution in [2.24, 2.45) is 5.73 Å². The molecule has 21 heavy (non-hydrogen) atoms. The van der Waals surface area contributed by atoms with Crippen LogP contribution in [0.4, 0.5) is 0 Å². The molecule has 0 saturated carbocycles. The van der Waals surface area contributed by atoms with Crippen molar-refractivity contribution in [3.63, 3.8) is 0 Å². The van der Waals surface area contributed by atoms with E-state index in [9.17, 15) is 5.11 Å². The van der Waals surface area contributed by atoms with Crippen molar-refractivity contribution in [2.45, 2.75) is 41.9 Å². The second-order valence-corrected chi connectivity index (χ2v) is 7.58. The molecule has 1 aliphatic rings. The first kappa shape index (κ1) is 14.5. The van der Waals surface area contributed by atoms with Crippen molar-refractivity contribution in [3.8, 4) is 5.75 Å². The first-order chi connectivity index (χ1) is 9.98. The normalized spacial score (nSPS) is 23.6. The van der Waals surface area contributed by atoms with Crippen molar-refractivity contribution in [2.75, 3.05) is 0 Å². The van der Waals surface area contributed by atoms with Crippen LogP contribution in [0.1, 0.15) is 25.0 Å². The van der Waals surface area contributed by atoms with Crippen LogP contribution in [-0.2, 0) is 11.8 Å². The molecule has 0 heterocycles. The molecule has 0 bridgehead atoms. The van der Waals surface area contributed by atoms with Gasteiger partial charge in [-0.05, 0) is 41.8 Å². The fourth-order valence-corrected chi connectivity index (χ4v) is 4.53. The van der Waals surface area contributed by atoms with Gasteiger partial charge in [0.05, 0.1) is 0 Å². The van der Waals surface area contributed by atoms with E-state index in [1.807, 2.05) is 30.0 Å². The number of rotatable bonds is 2. The Hall–Kier alpha value is -1.45. The van der Waals surface area contributed by atoms with Crippen LogP contribution in [0.15, 0.2) is 53.4 Å². The molecule has 2 atom stereocenters. The Morgan fingerprint density at radius 2 is 1.86 bits per heavy atom. The average Bonchev–Trinajstić information content (AvgIpc) is 2.47. The molecule has 3 rings (SSSR count). The minimum absolute atomic E-state index is 0.0528. The van der Waals surface area contributed by atoms with Crippen LogP contribution in [0, 0.1) is 0 Å². The third-order valence-corrected chi connectivity index (χ3v) is 5.78. The second kappa shape index (κ2) is 5.39. The Kier molecular flexibility index (Phi) is 3.72. The smallest absolute Gasteiger partial charge is 0.115 e. The number of thioether (sulfide) groups is 1. The fraction of sp³-hybridized carbons (Fsp3) is 0.333. The fourth-order valence-electron chi connectivity index (χ4n) is 3.12. The van der Waals surface area contributed by atoms with Crippen LogP contribution in [0.25, 0.3) is 0 Å². The molecule has 3 N–H and O–H groups in total. The summed E-state index contributed by atoms with van der Waals surface area (Å²) in [5.41, 5.74) is 8.91. The summed E-state index contributed by atoms with van der Waals surface area (Å²) in [6.45, 7) is 4.35. The lowest BCUT2D eigenvalue weighted by Crippen LogP contribution is -2.52. The number of fused-ring (bicyclic) bond motifs is 1. The Morgan fingerprint density at radius 3 is 2.57 bits per heavy atom. The first-order valence-corrected chi connectivity index (χ1v) is 8.16. The van der Waals surface area contributed by atoms with Gasteiger partial charge in [0.15, 0.2) is 0 Å². The highest BCUT2D eigenvalue weighted by Crippen LogP contribution is 2.43.